The van der Waals surface area contributed by atoms with E-state index in [1.165, 1.54) is 6.33 Å². The number of benzene rings is 1. The van der Waals surface area contributed by atoms with Crippen molar-refractivity contribution in [1.29, 1.82) is 0 Å². The molecule has 0 aliphatic carbocycles. The fourth-order valence-electron chi connectivity index (χ4n) is 3.67. The number of nitrogens with zero attached hydrogens (tertiary/aromatic N) is 6. The Labute approximate surface area is 165 Å². The summed E-state index contributed by atoms with van der Waals surface area (Å²) < 4.78 is 1.99. The van der Waals surface area contributed by atoms with Gasteiger partial charge in [-0.3, -0.25) is 4.68 Å². The van der Waals surface area contributed by atoms with Crippen LogP contribution in [0, 0.1) is 5.92 Å². The third-order valence-corrected chi connectivity index (χ3v) is 5.06. The first kappa shape index (κ1) is 18.2. The highest BCUT2D eigenvalue weighted by atomic mass is 15.3. The van der Waals surface area contributed by atoms with Gasteiger partial charge in [0.25, 0.3) is 0 Å². The maximum Gasteiger partial charge on any atom is 0.192 e. The second-order valence-electron chi connectivity index (χ2n) is 7.74. The van der Waals surface area contributed by atoms with E-state index in [0.29, 0.717) is 18.4 Å². The summed E-state index contributed by atoms with van der Waals surface area (Å²) in [5.74, 6) is 1.05. The molecule has 0 spiro atoms. The molecule has 2 N–H and O–H groups in total. The third-order valence-electron chi connectivity index (χ3n) is 5.06. The van der Waals surface area contributed by atoms with Gasteiger partial charge in [0.15, 0.2) is 5.96 Å². The molecule has 1 aliphatic heterocycles. The second-order valence-corrected chi connectivity index (χ2v) is 7.74. The van der Waals surface area contributed by atoms with E-state index >= 15 is 0 Å². The number of nitrogens with two attached hydrogens (primary N) is 1. The fraction of sp³-hybridized carbons (Fsp3) is 0.333. The van der Waals surface area contributed by atoms with Gasteiger partial charge in [0, 0.05) is 43.3 Å². The van der Waals surface area contributed by atoms with E-state index in [0.717, 1.165) is 28.8 Å². The average Bonchev–Trinajstić information content (AvgIpc) is 3.27. The van der Waals surface area contributed by atoms with Gasteiger partial charge < -0.3 is 10.6 Å². The summed E-state index contributed by atoms with van der Waals surface area (Å²) in [5, 5.41) is 4.57. The predicted octanol–water partition coefficient (Wildman–Crippen LogP) is 2.50. The van der Waals surface area contributed by atoms with Crippen molar-refractivity contribution in [2.75, 3.05) is 13.6 Å². The van der Waals surface area contributed by atoms with Crippen LogP contribution in [0.1, 0.15) is 25.0 Å². The van der Waals surface area contributed by atoms with Gasteiger partial charge in [-0.25, -0.2) is 15.0 Å². The van der Waals surface area contributed by atoms with Crippen molar-refractivity contribution in [1.82, 2.24) is 24.6 Å². The lowest BCUT2D eigenvalue weighted by Crippen LogP contribution is -2.34. The molecule has 1 unspecified atom stereocenters. The Balaban J connectivity index is 1.81. The first-order valence-electron chi connectivity index (χ1n) is 9.43. The van der Waals surface area contributed by atoms with Gasteiger partial charge in [0.1, 0.15) is 11.9 Å². The van der Waals surface area contributed by atoms with Crippen LogP contribution in [0.25, 0.3) is 11.1 Å². The minimum Gasteiger partial charge on any atom is -0.370 e. The lowest BCUT2D eigenvalue weighted by atomic mass is 9.84. The zero-order valence-electron chi connectivity index (χ0n) is 16.4. The third kappa shape index (κ3) is 3.24. The molecule has 144 valence electrons. The number of rotatable bonds is 5. The monoisotopic (exact) mass is 375 g/mol. The van der Waals surface area contributed by atoms with Gasteiger partial charge in [-0.2, -0.15) is 5.10 Å². The smallest absolute Gasteiger partial charge is 0.192 e. The molecule has 28 heavy (non-hydrogen) atoms. The largest absolute Gasteiger partial charge is 0.370 e. The molecule has 1 aliphatic rings. The van der Waals surface area contributed by atoms with Gasteiger partial charge >= 0.3 is 0 Å². The van der Waals surface area contributed by atoms with Crippen molar-refractivity contribution >= 4 is 5.96 Å². The summed E-state index contributed by atoms with van der Waals surface area (Å²) in [5.41, 5.74) is 9.75. The van der Waals surface area contributed by atoms with Crippen LogP contribution >= 0.6 is 0 Å². The number of hydrogen-bond acceptors (Lipinski definition) is 6. The van der Waals surface area contributed by atoms with E-state index in [2.05, 4.69) is 53.3 Å². The van der Waals surface area contributed by atoms with Crippen LogP contribution in [0.15, 0.2) is 60.4 Å². The van der Waals surface area contributed by atoms with E-state index in [-0.39, 0.29) is 0 Å². The number of likely N-dealkylation sites (N-methyl/N-ethyl adjacent to an activating group) is 1. The predicted molar refractivity (Wildman–Crippen MR) is 110 cm³/mol. The van der Waals surface area contributed by atoms with Crippen molar-refractivity contribution in [2.24, 2.45) is 16.6 Å². The highest BCUT2D eigenvalue weighted by Gasteiger charge is 2.42. The molecule has 0 fully saturated rings. The number of aromatic nitrogens is 4. The molecule has 1 atom stereocenters. The first-order chi connectivity index (χ1) is 13.5. The van der Waals surface area contributed by atoms with Crippen LogP contribution in [0.5, 0.6) is 0 Å². The molecular weight excluding hydrogens is 350 g/mol. The maximum absolute atomic E-state index is 6.19. The standard InChI is InChI=1S/C21H25N7/c1-15(2)11-28-12-19(10-25-28)21(13-27(3)20(22)26-21)18-6-4-5-16(7-18)17-8-23-14-24-9-17/h4-10,12,14-15H,11,13H2,1-3H3,(H2,22,26). The average molecular weight is 375 g/mol. The zero-order valence-corrected chi connectivity index (χ0v) is 16.4. The minimum atomic E-state index is -0.584. The molecule has 0 bridgehead atoms. The van der Waals surface area contributed by atoms with E-state index in [1.54, 1.807) is 0 Å². The molecule has 0 saturated heterocycles. The number of guanidine groups is 1. The van der Waals surface area contributed by atoms with E-state index in [9.17, 15) is 0 Å². The van der Waals surface area contributed by atoms with Crippen LogP contribution in [0.3, 0.4) is 0 Å². The quantitative estimate of drug-likeness (QED) is 0.741. The summed E-state index contributed by atoms with van der Waals surface area (Å²) in [6.45, 7) is 5.90. The van der Waals surface area contributed by atoms with Gasteiger partial charge in [-0.15, -0.1) is 0 Å². The van der Waals surface area contributed by atoms with Gasteiger partial charge in [0.2, 0.25) is 0 Å². The SMILES string of the molecule is CC(C)Cn1cc(C2(c3cccc(-c4cncnc4)c3)CN(C)C(N)=N2)cn1. The van der Waals surface area contributed by atoms with Crippen LogP contribution < -0.4 is 5.73 Å². The van der Waals surface area contributed by atoms with Crippen molar-refractivity contribution in [3.05, 3.63) is 66.5 Å². The van der Waals surface area contributed by atoms with Crippen molar-refractivity contribution in [3.8, 4) is 11.1 Å². The molecule has 4 rings (SSSR count). The summed E-state index contributed by atoms with van der Waals surface area (Å²) in [6.07, 6.45) is 9.18. The fourth-order valence-corrected chi connectivity index (χ4v) is 3.67. The lowest BCUT2D eigenvalue weighted by Gasteiger charge is -2.27. The highest BCUT2D eigenvalue weighted by Crippen LogP contribution is 2.39. The first-order valence-corrected chi connectivity index (χ1v) is 9.43. The Morgan fingerprint density at radius 3 is 2.57 bits per heavy atom. The van der Waals surface area contributed by atoms with Gasteiger partial charge in [0.05, 0.1) is 12.7 Å². The van der Waals surface area contributed by atoms with E-state index < -0.39 is 5.54 Å². The Kier molecular flexibility index (Phi) is 4.58. The minimum absolute atomic E-state index is 0.518. The number of aliphatic imine (C=N–C) groups is 1. The molecule has 7 heteroatoms. The molecule has 2 aromatic heterocycles. The Hall–Kier alpha value is -3.22. The van der Waals surface area contributed by atoms with Crippen LogP contribution in [0.4, 0.5) is 0 Å². The van der Waals surface area contributed by atoms with Crippen molar-refractivity contribution in [2.45, 2.75) is 25.9 Å². The summed E-state index contributed by atoms with van der Waals surface area (Å²) in [7, 11) is 1.97. The summed E-state index contributed by atoms with van der Waals surface area (Å²) >= 11 is 0. The Morgan fingerprint density at radius 1 is 1.11 bits per heavy atom. The number of hydrogen-bond donors (Lipinski definition) is 1. The normalized spacial score (nSPS) is 19.3. The molecule has 7 nitrogen and oxygen atoms in total. The molecular formula is C21H25N7. The molecule has 0 saturated carbocycles. The van der Waals surface area contributed by atoms with E-state index in [4.69, 9.17) is 10.7 Å². The topological polar surface area (TPSA) is 85.2 Å². The van der Waals surface area contributed by atoms with Crippen LogP contribution in [0.2, 0.25) is 0 Å². The zero-order chi connectivity index (χ0) is 19.7. The Morgan fingerprint density at radius 2 is 1.89 bits per heavy atom. The van der Waals surface area contributed by atoms with Crippen molar-refractivity contribution < 1.29 is 0 Å². The van der Waals surface area contributed by atoms with Crippen LogP contribution in [-0.4, -0.2) is 44.2 Å². The lowest BCUT2D eigenvalue weighted by molar-refractivity contribution is 0.431. The molecule has 3 aromatic rings. The van der Waals surface area contributed by atoms with Crippen molar-refractivity contribution in [3.63, 3.8) is 0 Å². The molecule has 0 amide bonds. The van der Waals surface area contributed by atoms with Gasteiger partial charge in [-0.1, -0.05) is 32.0 Å². The summed E-state index contributed by atoms with van der Waals surface area (Å²) in [6, 6.07) is 8.35. The highest BCUT2D eigenvalue weighted by molar-refractivity contribution is 5.81. The van der Waals surface area contributed by atoms with Gasteiger partial charge in [-0.05, 0) is 23.1 Å². The van der Waals surface area contributed by atoms with E-state index in [1.807, 2.05) is 41.3 Å². The van der Waals surface area contributed by atoms with Crippen LogP contribution in [-0.2, 0) is 12.1 Å². The second kappa shape index (κ2) is 7.07. The molecule has 1 aromatic carbocycles. The summed E-state index contributed by atoms with van der Waals surface area (Å²) in [4.78, 5) is 15.2. The molecule has 0 radical (unpaired) electrons. The maximum atomic E-state index is 6.19. The molecule has 3 heterocycles. The Bertz CT molecular complexity index is 993.